The van der Waals surface area contributed by atoms with Gasteiger partial charge in [0.05, 0.1) is 26.5 Å². The number of methoxy groups -OCH3 is 2. The maximum absolute atomic E-state index is 5.54. The second kappa shape index (κ2) is 10.6. The van der Waals surface area contributed by atoms with Crippen LogP contribution in [-0.4, -0.2) is 67.7 Å². The normalized spacial score (nSPS) is 15.4. The molecular formula is C22H33N5O2S. The number of thiazole rings is 1. The van der Waals surface area contributed by atoms with Crippen LogP contribution in [0.2, 0.25) is 0 Å². The first kappa shape index (κ1) is 22.4. The smallest absolute Gasteiger partial charge is 0.194 e. The van der Waals surface area contributed by atoms with Gasteiger partial charge in [-0.1, -0.05) is 0 Å². The van der Waals surface area contributed by atoms with Crippen LogP contribution in [0.3, 0.4) is 0 Å². The van der Waals surface area contributed by atoms with E-state index in [2.05, 4.69) is 46.9 Å². The Labute approximate surface area is 183 Å². The molecule has 0 aliphatic carbocycles. The molecule has 0 unspecified atom stereocenters. The minimum atomic E-state index is 0.628. The fraction of sp³-hybridized carbons (Fsp3) is 0.545. The highest BCUT2D eigenvalue weighted by Crippen LogP contribution is 2.25. The molecule has 1 fully saturated rings. The predicted octanol–water partition coefficient (Wildman–Crippen LogP) is 3.06. The van der Waals surface area contributed by atoms with Crippen molar-refractivity contribution in [1.82, 2.24) is 20.1 Å². The summed E-state index contributed by atoms with van der Waals surface area (Å²) in [4.78, 5) is 15.5. The number of aliphatic imine (C=N–C) groups is 1. The number of guanidine groups is 1. The van der Waals surface area contributed by atoms with E-state index in [9.17, 15) is 0 Å². The standard InChI is InChI=1S/C22H33N5O2S/c1-6-23-22(24-14-21-25-16(2)17(3)30-21)27-11-9-26(10-12-27)15-18-13-19(28-4)7-8-20(18)29-5/h7-8,13H,6,9-12,14-15H2,1-5H3,(H,23,24). The Morgan fingerprint density at radius 2 is 1.93 bits per heavy atom. The monoisotopic (exact) mass is 431 g/mol. The van der Waals surface area contributed by atoms with Crippen LogP contribution >= 0.6 is 11.3 Å². The molecule has 164 valence electrons. The first-order chi connectivity index (χ1) is 14.5. The second-order valence-corrected chi connectivity index (χ2v) is 8.65. The van der Waals surface area contributed by atoms with Gasteiger partial charge in [-0.15, -0.1) is 11.3 Å². The number of aromatic nitrogens is 1. The van der Waals surface area contributed by atoms with E-state index < -0.39 is 0 Å². The average Bonchev–Trinajstić information content (AvgIpc) is 3.09. The molecule has 8 heteroatoms. The zero-order valence-corrected chi connectivity index (χ0v) is 19.5. The lowest BCUT2D eigenvalue weighted by Crippen LogP contribution is -2.52. The molecule has 3 rings (SSSR count). The Balaban J connectivity index is 1.60. The lowest BCUT2D eigenvalue weighted by Gasteiger charge is -2.36. The Bertz CT molecular complexity index is 840. The Morgan fingerprint density at radius 3 is 2.53 bits per heavy atom. The van der Waals surface area contributed by atoms with E-state index >= 15 is 0 Å². The van der Waals surface area contributed by atoms with Gasteiger partial charge in [-0.2, -0.15) is 0 Å². The topological polar surface area (TPSA) is 62.2 Å². The van der Waals surface area contributed by atoms with Crippen molar-refractivity contribution >= 4 is 17.3 Å². The van der Waals surface area contributed by atoms with E-state index in [1.165, 1.54) is 4.88 Å². The predicted molar refractivity (Wildman–Crippen MR) is 123 cm³/mol. The number of rotatable bonds is 7. The van der Waals surface area contributed by atoms with Crippen LogP contribution in [-0.2, 0) is 13.1 Å². The van der Waals surface area contributed by atoms with Crippen molar-refractivity contribution < 1.29 is 9.47 Å². The van der Waals surface area contributed by atoms with Gasteiger partial charge in [0.1, 0.15) is 16.5 Å². The van der Waals surface area contributed by atoms with Gasteiger partial charge in [-0.3, -0.25) is 4.90 Å². The molecule has 1 saturated heterocycles. The van der Waals surface area contributed by atoms with Crippen molar-refractivity contribution in [3.05, 3.63) is 39.3 Å². The molecule has 2 aromatic rings. The van der Waals surface area contributed by atoms with Crippen molar-refractivity contribution in [2.75, 3.05) is 46.9 Å². The number of nitrogens with one attached hydrogen (secondary N) is 1. The molecule has 0 saturated carbocycles. The van der Waals surface area contributed by atoms with Crippen LogP contribution in [0.5, 0.6) is 11.5 Å². The number of nitrogens with zero attached hydrogens (tertiary/aromatic N) is 4. The van der Waals surface area contributed by atoms with Gasteiger partial charge >= 0.3 is 0 Å². The van der Waals surface area contributed by atoms with Gasteiger partial charge in [-0.05, 0) is 39.0 Å². The maximum atomic E-state index is 5.54. The van der Waals surface area contributed by atoms with E-state index in [0.717, 1.165) is 73.0 Å². The summed E-state index contributed by atoms with van der Waals surface area (Å²) >= 11 is 1.73. The molecule has 0 bridgehead atoms. The molecular weight excluding hydrogens is 398 g/mol. The zero-order chi connectivity index (χ0) is 21.5. The summed E-state index contributed by atoms with van der Waals surface area (Å²) in [7, 11) is 3.41. The number of ether oxygens (including phenoxy) is 2. The third kappa shape index (κ3) is 5.64. The van der Waals surface area contributed by atoms with Gasteiger partial charge in [0.25, 0.3) is 0 Å². The number of hydrogen-bond donors (Lipinski definition) is 1. The van der Waals surface area contributed by atoms with E-state index in [-0.39, 0.29) is 0 Å². The fourth-order valence-corrected chi connectivity index (χ4v) is 4.40. The molecule has 1 aromatic carbocycles. The van der Waals surface area contributed by atoms with Crippen molar-refractivity contribution in [1.29, 1.82) is 0 Å². The molecule has 1 N–H and O–H groups in total. The first-order valence-corrected chi connectivity index (χ1v) is 11.2. The van der Waals surface area contributed by atoms with Crippen LogP contribution in [0.1, 0.15) is 28.1 Å². The summed E-state index contributed by atoms with van der Waals surface area (Å²) in [5.74, 6) is 2.74. The van der Waals surface area contributed by atoms with Crippen LogP contribution in [0, 0.1) is 13.8 Å². The quantitative estimate of drug-likeness (QED) is 0.537. The summed E-state index contributed by atoms with van der Waals surface area (Å²) in [6.07, 6.45) is 0. The lowest BCUT2D eigenvalue weighted by atomic mass is 10.1. The maximum Gasteiger partial charge on any atom is 0.194 e. The Kier molecular flexibility index (Phi) is 7.93. The molecule has 0 atom stereocenters. The van der Waals surface area contributed by atoms with Crippen LogP contribution < -0.4 is 14.8 Å². The van der Waals surface area contributed by atoms with Crippen molar-refractivity contribution in [3.63, 3.8) is 0 Å². The third-order valence-corrected chi connectivity index (χ3v) is 6.38. The van der Waals surface area contributed by atoms with Crippen molar-refractivity contribution in [2.24, 2.45) is 4.99 Å². The number of aryl methyl sites for hydroxylation is 2. The third-order valence-electron chi connectivity index (χ3n) is 5.33. The highest BCUT2D eigenvalue weighted by atomic mass is 32.1. The summed E-state index contributed by atoms with van der Waals surface area (Å²) in [6, 6.07) is 5.97. The minimum absolute atomic E-state index is 0.628. The first-order valence-electron chi connectivity index (χ1n) is 10.4. The van der Waals surface area contributed by atoms with Crippen molar-refractivity contribution in [3.8, 4) is 11.5 Å². The summed E-state index contributed by atoms with van der Waals surface area (Å²) in [5.41, 5.74) is 2.26. The Hall–Kier alpha value is -2.32. The minimum Gasteiger partial charge on any atom is -0.497 e. The highest BCUT2D eigenvalue weighted by molar-refractivity contribution is 7.11. The molecule has 2 heterocycles. The molecule has 0 amide bonds. The van der Waals surface area contributed by atoms with Gasteiger partial charge in [-0.25, -0.2) is 9.98 Å². The Morgan fingerprint density at radius 1 is 1.17 bits per heavy atom. The molecule has 30 heavy (non-hydrogen) atoms. The number of benzene rings is 1. The van der Waals surface area contributed by atoms with Crippen LogP contribution in [0.25, 0.3) is 0 Å². The second-order valence-electron chi connectivity index (χ2n) is 7.36. The van der Waals surface area contributed by atoms with E-state index in [1.807, 2.05) is 12.1 Å². The SMILES string of the molecule is CCNC(=NCc1nc(C)c(C)s1)N1CCN(Cc2cc(OC)ccc2OC)CC1. The van der Waals surface area contributed by atoms with E-state index in [4.69, 9.17) is 14.5 Å². The van der Waals surface area contributed by atoms with Gasteiger partial charge in [0, 0.05) is 49.7 Å². The molecule has 7 nitrogen and oxygen atoms in total. The highest BCUT2D eigenvalue weighted by Gasteiger charge is 2.21. The van der Waals surface area contributed by atoms with Gasteiger partial charge in [0.15, 0.2) is 5.96 Å². The number of hydrogen-bond acceptors (Lipinski definition) is 6. The summed E-state index contributed by atoms with van der Waals surface area (Å²) in [5, 5.41) is 4.51. The summed E-state index contributed by atoms with van der Waals surface area (Å²) < 4.78 is 10.9. The zero-order valence-electron chi connectivity index (χ0n) is 18.7. The molecule has 1 aliphatic heterocycles. The fourth-order valence-electron chi connectivity index (χ4n) is 3.54. The average molecular weight is 432 g/mol. The molecule has 0 spiro atoms. The number of piperazine rings is 1. The van der Waals surface area contributed by atoms with Gasteiger partial charge < -0.3 is 19.7 Å². The molecule has 1 aromatic heterocycles. The van der Waals surface area contributed by atoms with Crippen LogP contribution in [0.15, 0.2) is 23.2 Å². The van der Waals surface area contributed by atoms with E-state index in [0.29, 0.717) is 6.54 Å². The van der Waals surface area contributed by atoms with Crippen molar-refractivity contribution in [2.45, 2.75) is 33.9 Å². The summed E-state index contributed by atoms with van der Waals surface area (Å²) in [6.45, 7) is 12.4. The van der Waals surface area contributed by atoms with Gasteiger partial charge in [0.2, 0.25) is 0 Å². The molecule has 0 radical (unpaired) electrons. The van der Waals surface area contributed by atoms with E-state index in [1.54, 1.807) is 25.6 Å². The largest absolute Gasteiger partial charge is 0.497 e. The lowest BCUT2D eigenvalue weighted by molar-refractivity contribution is 0.171. The van der Waals surface area contributed by atoms with Crippen LogP contribution in [0.4, 0.5) is 0 Å². The molecule has 1 aliphatic rings.